The third kappa shape index (κ3) is 4.60. The molecule has 3 heterocycles. The van der Waals surface area contributed by atoms with Crippen LogP contribution < -0.4 is 15.9 Å². The van der Waals surface area contributed by atoms with Crippen molar-refractivity contribution in [2.75, 3.05) is 6.54 Å². The van der Waals surface area contributed by atoms with Gasteiger partial charge >= 0.3 is 0 Å². The number of rotatable bonds is 6. The first-order valence-electron chi connectivity index (χ1n) is 12.0. The van der Waals surface area contributed by atoms with E-state index in [9.17, 15) is 23.2 Å². The van der Waals surface area contributed by atoms with E-state index in [1.165, 1.54) is 22.9 Å². The minimum Gasteiger partial charge on any atom is -0.483 e. The molecule has 3 aromatic rings. The Morgan fingerprint density at radius 2 is 1.89 bits per heavy atom. The number of ether oxygens (including phenoxy) is 1. The van der Waals surface area contributed by atoms with Gasteiger partial charge in [0.2, 0.25) is 5.43 Å². The summed E-state index contributed by atoms with van der Waals surface area (Å²) >= 11 is 0. The second-order valence-corrected chi connectivity index (χ2v) is 9.38. The summed E-state index contributed by atoms with van der Waals surface area (Å²) in [4.78, 5) is 42.7. The van der Waals surface area contributed by atoms with E-state index in [4.69, 9.17) is 10.5 Å². The predicted octanol–water partition coefficient (Wildman–Crippen LogP) is 2.88. The van der Waals surface area contributed by atoms with Crippen LogP contribution in [0, 0.1) is 11.6 Å². The van der Waals surface area contributed by atoms with Crippen LogP contribution in [0.3, 0.4) is 0 Å². The van der Waals surface area contributed by atoms with Gasteiger partial charge in [0.15, 0.2) is 11.4 Å². The predicted molar refractivity (Wildman–Crippen MR) is 131 cm³/mol. The Balaban J connectivity index is 1.54. The van der Waals surface area contributed by atoms with Gasteiger partial charge in [0.1, 0.15) is 30.0 Å². The largest absolute Gasteiger partial charge is 0.483 e. The van der Waals surface area contributed by atoms with Crippen LogP contribution in [0.25, 0.3) is 0 Å². The van der Waals surface area contributed by atoms with E-state index in [0.717, 1.165) is 11.6 Å². The van der Waals surface area contributed by atoms with Gasteiger partial charge in [-0.1, -0.05) is 36.4 Å². The fourth-order valence-electron chi connectivity index (χ4n) is 5.04. The number of nitrogens with two attached hydrogens (primary N) is 1. The van der Waals surface area contributed by atoms with Crippen LogP contribution in [0.1, 0.15) is 45.3 Å². The summed E-state index contributed by atoms with van der Waals surface area (Å²) < 4.78 is 35.2. The van der Waals surface area contributed by atoms with E-state index in [0.29, 0.717) is 18.5 Å². The fourth-order valence-corrected chi connectivity index (χ4v) is 5.04. The van der Waals surface area contributed by atoms with Gasteiger partial charge in [0, 0.05) is 37.0 Å². The number of carbonyl (C=O) groups is 2. The van der Waals surface area contributed by atoms with Crippen LogP contribution in [0.4, 0.5) is 8.78 Å². The highest BCUT2D eigenvalue weighted by molar-refractivity contribution is 5.99. The number of aromatic nitrogens is 1. The van der Waals surface area contributed by atoms with Crippen LogP contribution >= 0.6 is 0 Å². The zero-order valence-electron chi connectivity index (χ0n) is 20.2. The van der Waals surface area contributed by atoms with Gasteiger partial charge in [-0.3, -0.25) is 19.3 Å². The maximum absolute atomic E-state index is 14.4. The van der Waals surface area contributed by atoms with Crippen LogP contribution in [-0.4, -0.2) is 44.9 Å². The minimum absolute atomic E-state index is 0.0214. The molecule has 0 saturated carbocycles. The highest BCUT2D eigenvalue weighted by atomic mass is 19.1. The van der Waals surface area contributed by atoms with Crippen molar-refractivity contribution >= 4 is 11.8 Å². The standard InChI is InChI=1S/C27H26F2N4O4/c1-16-9-10-31(12-18-7-8-19(28)11-21(18)29)22-14-32-13-20(26(30)35)24(34)25(23(32)27(36)33(16)22)37-15-17-5-3-2-4-6-17/h2-8,11,13,16,22H,9-10,12,14-15H2,1H3,(H2,30,35). The summed E-state index contributed by atoms with van der Waals surface area (Å²) in [6.07, 6.45) is 1.42. The molecule has 1 fully saturated rings. The Hall–Kier alpha value is -4.05. The molecule has 192 valence electrons. The molecule has 10 heteroatoms. The summed E-state index contributed by atoms with van der Waals surface area (Å²) in [7, 11) is 0. The molecule has 0 aliphatic carbocycles. The van der Waals surface area contributed by atoms with E-state index in [-0.39, 0.29) is 42.7 Å². The number of benzene rings is 2. The van der Waals surface area contributed by atoms with Gasteiger partial charge < -0.3 is 19.9 Å². The van der Waals surface area contributed by atoms with E-state index >= 15 is 0 Å². The van der Waals surface area contributed by atoms with E-state index in [2.05, 4.69) is 0 Å². The molecule has 37 heavy (non-hydrogen) atoms. The average Bonchev–Trinajstić information content (AvgIpc) is 2.87. The summed E-state index contributed by atoms with van der Waals surface area (Å²) in [5.41, 5.74) is 5.59. The van der Waals surface area contributed by atoms with Crippen LogP contribution in [0.2, 0.25) is 0 Å². The molecule has 1 saturated heterocycles. The summed E-state index contributed by atoms with van der Waals surface area (Å²) in [6.45, 7) is 2.87. The molecule has 2 aromatic carbocycles. The van der Waals surface area contributed by atoms with E-state index in [1.807, 2.05) is 42.2 Å². The molecule has 2 N–H and O–H groups in total. The molecule has 2 unspecified atom stereocenters. The van der Waals surface area contributed by atoms with Crippen LogP contribution in [-0.2, 0) is 19.7 Å². The molecular weight excluding hydrogens is 482 g/mol. The number of primary amides is 1. The number of hydrogen-bond donors (Lipinski definition) is 1. The van der Waals surface area contributed by atoms with Crippen molar-refractivity contribution in [3.8, 4) is 5.75 Å². The second kappa shape index (κ2) is 9.78. The lowest BCUT2D eigenvalue weighted by Gasteiger charge is -2.50. The maximum Gasteiger partial charge on any atom is 0.276 e. The lowest BCUT2D eigenvalue weighted by atomic mass is 10.0. The summed E-state index contributed by atoms with van der Waals surface area (Å²) in [6, 6.07) is 12.4. The van der Waals surface area contributed by atoms with E-state index in [1.54, 1.807) is 4.90 Å². The molecule has 2 amide bonds. The van der Waals surface area contributed by atoms with Crippen molar-refractivity contribution in [1.82, 2.24) is 14.4 Å². The van der Waals surface area contributed by atoms with Gasteiger partial charge in [0.25, 0.3) is 11.8 Å². The van der Waals surface area contributed by atoms with E-state index < -0.39 is 35.0 Å². The topological polar surface area (TPSA) is 97.9 Å². The third-order valence-electron chi connectivity index (χ3n) is 6.97. The number of nitrogens with zero attached hydrogens (tertiary/aromatic N) is 3. The van der Waals surface area contributed by atoms with Crippen molar-refractivity contribution < 1.29 is 23.1 Å². The number of hydrogen-bond acceptors (Lipinski definition) is 5. The monoisotopic (exact) mass is 508 g/mol. The summed E-state index contributed by atoms with van der Waals surface area (Å²) in [5, 5.41) is 0. The Kier molecular flexibility index (Phi) is 6.51. The first kappa shape index (κ1) is 24.6. The first-order chi connectivity index (χ1) is 17.7. The SMILES string of the molecule is CC1CCN(Cc2ccc(F)cc2F)C2Cn3cc(C(N)=O)c(=O)c(OCc4ccccc4)c3C(=O)N12. The third-order valence-corrected chi connectivity index (χ3v) is 6.97. The zero-order valence-corrected chi connectivity index (χ0v) is 20.2. The van der Waals surface area contributed by atoms with Crippen LogP contribution in [0.15, 0.2) is 59.5 Å². The molecule has 0 bridgehead atoms. The second-order valence-electron chi connectivity index (χ2n) is 9.38. The Morgan fingerprint density at radius 1 is 1.14 bits per heavy atom. The normalized spacial score (nSPS) is 19.3. The number of halogens is 2. The first-order valence-corrected chi connectivity index (χ1v) is 12.0. The van der Waals surface area contributed by atoms with Crippen molar-refractivity contribution in [2.45, 2.75) is 45.2 Å². The van der Waals surface area contributed by atoms with Crippen molar-refractivity contribution in [3.05, 3.63) is 99.0 Å². The van der Waals surface area contributed by atoms with Gasteiger partial charge in [0.05, 0.1) is 6.54 Å². The van der Waals surface area contributed by atoms with Crippen molar-refractivity contribution in [1.29, 1.82) is 0 Å². The Bertz CT molecular complexity index is 1430. The maximum atomic E-state index is 14.4. The Labute approximate surface area is 211 Å². The quantitative estimate of drug-likeness (QED) is 0.552. The molecule has 0 radical (unpaired) electrons. The number of pyridine rings is 1. The molecule has 5 rings (SSSR count). The number of amides is 2. The highest BCUT2D eigenvalue weighted by Crippen LogP contribution is 2.32. The van der Waals surface area contributed by atoms with Crippen molar-refractivity contribution in [3.63, 3.8) is 0 Å². The molecule has 1 aromatic heterocycles. The van der Waals surface area contributed by atoms with Crippen molar-refractivity contribution in [2.24, 2.45) is 5.73 Å². The average molecular weight is 509 g/mol. The lowest BCUT2D eigenvalue weighted by Crippen LogP contribution is -2.63. The molecule has 8 nitrogen and oxygen atoms in total. The lowest BCUT2D eigenvalue weighted by molar-refractivity contribution is -0.0367. The molecule has 2 aliphatic rings. The highest BCUT2D eigenvalue weighted by Gasteiger charge is 2.44. The smallest absolute Gasteiger partial charge is 0.276 e. The van der Waals surface area contributed by atoms with Gasteiger partial charge in [-0.05, 0) is 25.0 Å². The Morgan fingerprint density at radius 3 is 2.59 bits per heavy atom. The molecule has 2 atom stereocenters. The number of fused-ring (bicyclic) bond motifs is 2. The summed E-state index contributed by atoms with van der Waals surface area (Å²) in [5.74, 6) is -2.91. The minimum atomic E-state index is -0.929. The van der Waals surface area contributed by atoms with Crippen LogP contribution in [0.5, 0.6) is 5.75 Å². The van der Waals surface area contributed by atoms with Gasteiger partial charge in [-0.25, -0.2) is 8.78 Å². The molecule has 2 aliphatic heterocycles. The number of carbonyl (C=O) groups excluding carboxylic acids is 2. The molecular formula is C27H26F2N4O4. The van der Waals surface area contributed by atoms with Gasteiger partial charge in [-0.2, -0.15) is 0 Å². The zero-order chi connectivity index (χ0) is 26.3. The van der Waals surface area contributed by atoms with Gasteiger partial charge in [-0.15, -0.1) is 0 Å². The fraction of sp³-hybridized carbons (Fsp3) is 0.296. The molecule has 0 spiro atoms.